The van der Waals surface area contributed by atoms with E-state index in [1.807, 2.05) is 20.8 Å². The van der Waals surface area contributed by atoms with Crippen molar-refractivity contribution in [3.05, 3.63) is 46.3 Å². The third kappa shape index (κ3) is 4.06. The molecule has 0 aliphatic rings. The van der Waals surface area contributed by atoms with Gasteiger partial charge in [0.15, 0.2) is 0 Å². The van der Waals surface area contributed by atoms with Crippen LogP contribution >= 0.6 is 11.6 Å². The molecule has 0 aliphatic carbocycles. The molecule has 2 rings (SSSR count). The highest BCUT2D eigenvalue weighted by Gasteiger charge is 2.16. The van der Waals surface area contributed by atoms with Crippen LogP contribution < -0.4 is 10.6 Å². The number of rotatable bonds is 5. The first-order valence-electron chi connectivity index (χ1n) is 6.69. The smallest absolute Gasteiger partial charge is 0.238 e. The quantitative estimate of drug-likeness (QED) is 0.890. The highest BCUT2D eigenvalue weighted by Crippen LogP contribution is 2.20. The fraction of sp³-hybridized carbons (Fsp3) is 0.333. The molecule has 0 fully saturated rings. The van der Waals surface area contributed by atoms with Crippen molar-refractivity contribution < 1.29 is 9.32 Å². The standard InChI is InChI=1S/C15H18ClN3O2/c1-9(15-10(2)19-21-11(15)3)17-8-14(20)18-13-6-4-12(16)5-7-13/h4-7,9,17H,8H2,1-3H3,(H,18,20). The summed E-state index contributed by atoms with van der Waals surface area (Å²) < 4.78 is 5.13. The van der Waals surface area contributed by atoms with Gasteiger partial charge in [0.05, 0.1) is 12.2 Å². The average Bonchev–Trinajstić information content (AvgIpc) is 2.78. The van der Waals surface area contributed by atoms with Crippen LogP contribution in [0.5, 0.6) is 0 Å². The number of nitrogens with one attached hydrogen (secondary N) is 2. The number of aryl methyl sites for hydroxylation is 2. The number of anilines is 1. The highest BCUT2D eigenvalue weighted by molar-refractivity contribution is 6.30. The Kier molecular flexibility index (Phi) is 4.98. The first-order chi connectivity index (χ1) is 9.97. The van der Waals surface area contributed by atoms with Crippen LogP contribution in [0.3, 0.4) is 0 Å². The van der Waals surface area contributed by atoms with E-state index in [0.717, 1.165) is 22.7 Å². The Morgan fingerprint density at radius 1 is 1.33 bits per heavy atom. The van der Waals surface area contributed by atoms with Crippen LogP contribution in [0.1, 0.15) is 30.0 Å². The molecule has 1 aromatic carbocycles. The van der Waals surface area contributed by atoms with Crippen molar-refractivity contribution in [2.45, 2.75) is 26.8 Å². The summed E-state index contributed by atoms with van der Waals surface area (Å²) in [5.74, 6) is 0.654. The lowest BCUT2D eigenvalue weighted by atomic mass is 10.1. The average molecular weight is 308 g/mol. The van der Waals surface area contributed by atoms with E-state index in [1.165, 1.54) is 0 Å². The monoisotopic (exact) mass is 307 g/mol. The second kappa shape index (κ2) is 6.74. The summed E-state index contributed by atoms with van der Waals surface area (Å²) in [5.41, 5.74) is 2.55. The van der Waals surface area contributed by atoms with Crippen LogP contribution in [0.2, 0.25) is 5.02 Å². The summed E-state index contributed by atoms with van der Waals surface area (Å²) in [7, 11) is 0. The maximum absolute atomic E-state index is 11.9. The van der Waals surface area contributed by atoms with Crippen molar-refractivity contribution in [2.24, 2.45) is 0 Å². The fourth-order valence-electron chi connectivity index (χ4n) is 2.19. The van der Waals surface area contributed by atoms with Crippen molar-refractivity contribution in [2.75, 3.05) is 11.9 Å². The van der Waals surface area contributed by atoms with E-state index >= 15 is 0 Å². The summed E-state index contributed by atoms with van der Waals surface area (Å²) in [6, 6.07) is 6.98. The lowest BCUT2D eigenvalue weighted by molar-refractivity contribution is -0.115. The zero-order valence-electron chi connectivity index (χ0n) is 12.2. The van der Waals surface area contributed by atoms with Gasteiger partial charge in [-0.15, -0.1) is 0 Å². The Morgan fingerprint density at radius 3 is 2.57 bits per heavy atom. The van der Waals surface area contributed by atoms with E-state index in [2.05, 4.69) is 15.8 Å². The Bertz CT molecular complexity index is 603. The molecule has 0 saturated carbocycles. The van der Waals surface area contributed by atoms with E-state index in [9.17, 15) is 4.79 Å². The van der Waals surface area contributed by atoms with Gasteiger partial charge in [-0.2, -0.15) is 0 Å². The van der Waals surface area contributed by atoms with E-state index in [1.54, 1.807) is 24.3 Å². The molecule has 0 aliphatic heterocycles. The van der Waals surface area contributed by atoms with Gasteiger partial charge in [-0.25, -0.2) is 0 Å². The molecule has 0 spiro atoms. The minimum Gasteiger partial charge on any atom is -0.361 e. The Labute approximate surface area is 128 Å². The zero-order valence-corrected chi connectivity index (χ0v) is 13.0. The van der Waals surface area contributed by atoms with Crippen molar-refractivity contribution >= 4 is 23.2 Å². The van der Waals surface area contributed by atoms with Gasteiger partial charge in [-0.3, -0.25) is 4.79 Å². The van der Waals surface area contributed by atoms with E-state index in [0.29, 0.717) is 5.02 Å². The predicted octanol–water partition coefficient (Wildman–Crippen LogP) is 3.23. The number of benzene rings is 1. The molecule has 0 bridgehead atoms. The first kappa shape index (κ1) is 15.5. The van der Waals surface area contributed by atoms with Gasteiger partial charge in [-0.05, 0) is 45.0 Å². The van der Waals surface area contributed by atoms with E-state index < -0.39 is 0 Å². The number of halogens is 1. The maximum atomic E-state index is 11.9. The second-order valence-electron chi connectivity index (χ2n) is 4.90. The fourth-order valence-corrected chi connectivity index (χ4v) is 2.32. The summed E-state index contributed by atoms with van der Waals surface area (Å²) in [5, 5.41) is 10.5. The Hall–Kier alpha value is -1.85. The van der Waals surface area contributed by atoms with Crippen LogP contribution in [-0.2, 0) is 4.79 Å². The van der Waals surface area contributed by atoms with Gasteiger partial charge in [0.1, 0.15) is 5.76 Å². The summed E-state index contributed by atoms with van der Waals surface area (Å²) >= 11 is 5.80. The molecular weight excluding hydrogens is 290 g/mol. The molecule has 1 unspecified atom stereocenters. The number of amides is 1. The molecule has 5 nitrogen and oxygen atoms in total. The van der Waals surface area contributed by atoms with Crippen LogP contribution in [0.25, 0.3) is 0 Å². The normalized spacial score (nSPS) is 12.2. The van der Waals surface area contributed by atoms with Gasteiger partial charge in [0.2, 0.25) is 5.91 Å². The van der Waals surface area contributed by atoms with Crippen molar-refractivity contribution in [3.63, 3.8) is 0 Å². The van der Waals surface area contributed by atoms with Crippen molar-refractivity contribution in [1.82, 2.24) is 10.5 Å². The van der Waals surface area contributed by atoms with Crippen LogP contribution in [-0.4, -0.2) is 17.6 Å². The Balaban J connectivity index is 1.88. The molecule has 112 valence electrons. The van der Waals surface area contributed by atoms with Gasteiger partial charge in [0, 0.05) is 22.3 Å². The topological polar surface area (TPSA) is 67.2 Å². The molecule has 21 heavy (non-hydrogen) atoms. The van der Waals surface area contributed by atoms with Gasteiger partial charge >= 0.3 is 0 Å². The number of carbonyl (C=O) groups excluding carboxylic acids is 1. The highest BCUT2D eigenvalue weighted by atomic mass is 35.5. The zero-order chi connectivity index (χ0) is 15.4. The molecule has 1 aromatic heterocycles. The van der Waals surface area contributed by atoms with Crippen LogP contribution in [0.4, 0.5) is 5.69 Å². The predicted molar refractivity (Wildman–Crippen MR) is 82.5 cm³/mol. The lowest BCUT2D eigenvalue weighted by Gasteiger charge is -2.13. The second-order valence-corrected chi connectivity index (χ2v) is 5.33. The Morgan fingerprint density at radius 2 is 2.00 bits per heavy atom. The third-order valence-electron chi connectivity index (χ3n) is 3.22. The molecule has 1 heterocycles. The number of nitrogens with zero attached hydrogens (tertiary/aromatic N) is 1. The number of hydrogen-bond donors (Lipinski definition) is 2. The number of carbonyl (C=O) groups is 1. The molecule has 0 radical (unpaired) electrons. The van der Waals surface area contributed by atoms with E-state index in [4.69, 9.17) is 16.1 Å². The van der Waals surface area contributed by atoms with Crippen LogP contribution in [0, 0.1) is 13.8 Å². The SMILES string of the molecule is Cc1noc(C)c1C(C)NCC(=O)Nc1ccc(Cl)cc1. The summed E-state index contributed by atoms with van der Waals surface area (Å²) in [6.07, 6.45) is 0. The van der Waals surface area contributed by atoms with E-state index in [-0.39, 0.29) is 18.5 Å². The van der Waals surface area contributed by atoms with Gasteiger partial charge in [0.25, 0.3) is 0 Å². The minimum atomic E-state index is -0.115. The molecule has 0 saturated heterocycles. The molecule has 1 atom stereocenters. The van der Waals surface area contributed by atoms with Gasteiger partial charge < -0.3 is 15.2 Å². The lowest BCUT2D eigenvalue weighted by Crippen LogP contribution is -2.30. The number of aromatic nitrogens is 1. The molecule has 2 aromatic rings. The summed E-state index contributed by atoms with van der Waals surface area (Å²) in [6.45, 7) is 5.93. The molecule has 2 N–H and O–H groups in total. The van der Waals surface area contributed by atoms with Crippen molar-refractivity contribution in [1.29, 1.82) is 0 Å². The molecule has 1 amide bonds. The van der Waals surface area contributed by atoms with Gasteiger partial charge in [-0.1, -0.05) is 16.8 Å². The largest absolute Gasteiger partial charge is 0.361 e. The third-order valence-corrected chi connectivity index (χ3v) is 3.47. The molecule has 6 heteroatoms. The first-order valence-corrected chi connectivity index (χ1v) is 7.06. The van der Waals surface area contributed by atoms with Crippen LogP contribution in [0.15, 0.2) is 28.8 Å². The number of hydrogen-bond acceptors (Lipinski definition) is 4. The molecular formula is C15H18ClN3O2. The maximum Gasteiger partial charge on any atom is 0.238 e. The summed E-state index contributed by atoms with van der Waals surface area (Å²) in [4.78, 5) is 11.9. The van der Waals surface area contributed by atoms with Crippen molar-refractivity contribution in [3.8, 4) is 0 Å². The minimum absolute atomic E-state index is 0.00721.